The fourth-order valence-electron chi connectivity index (χ4n) is 0.965. The highest BCUT2D eigenvalue weighted by Crippen LogP contribution is 2.13. The first-order valence-corrected chi connectivity index (χ1v) is 5.01. The molecule has 19 heavy (non-hydrogen) atoms. The van der Waals surface area contributed by atoms with Crippen molar-refractivity contribution in [3.8, 4) is 0 Å². The van der Waals surface area contributed by atoms with Gasteiger partial charge in [-0.15, -0.1) is 0 Å². The number of carbonyl (C=O) groups excluding carboxylic acids is 2. The van der Waals surface area contributed by atoms with Crippen LogP contribution >= 0.6 is 0 Å². The van der Waals surface area contributed by atoms with Gasteiger partial charge >= 0.3 is 17.7 Å². The van der Waals surface area contributed by atoms with Gasteiger partial charge in [0.1, 0.15) is 4.92 Å². The topological polar surface area (TPSA) is 147 Å². The summed E-state index contributed by atoms with van der Waals surface area (Å²) < 4.78 is 4.72. The van der Waals surface area contributed by atoms with Crippen LogP contribution in [0.25, 0.3) is 0 Å². The smallest absolute Gasteiger partial charge is 0.400 e. The van der Waals surface area contributed by atoms with Gasteiger partial charge in [-0.25, -0.2) is 5.43 Å². The predicted molar refractivity (Wildman–Crippen MR) is 61.2 cm³/mol. The summed E-state index contributed by atoms with van der Waals surface area (Å²) in [5.74, 6) is -2.42. The lowest BCUT2D eigenvalue weighted by molar-refractivity contribution is -0.402. The molecule has 1 aromatic heterocycles. The first-order valence-electron chi connectivity index (χ1n) is 5.01. The highest BCUT2D eigenvalue weighted by Gasteiger charge is 2.12. The summed E-state index contributed by atoms with van der Waals surface area (Å²) in [5.41, 5.74) is 1.89. The van der Waals surface area contributed by atoms with E-state index in [1.807, 2.05) is 5.43 Å². The van der Waals surface area contributed by atoms with E-state index < -0.39 is 22.6 Å². The summed E-state index contributed by atoms with van der Waals surface area (Å²) >= 11 is 0. The number of aliphatic hydroxyl groups excluding tert-OH is 1. The number of hydrogen-bond donors (Lipinski definition) is 3. The highest BCUT2D eigenvalue weighted by atomic mass is 16.6. The molecule has 0 saturated carbocycles. The summed E-state index contributed by atoms with van der Waals surface area (Å²) in [6.45, 7) is -0.349. The number of amides is 2. The molecule has 1 heterocycles. The third kappa shape index (κ3) is 4.55. The third-order valence-electron chi connectivity index (χ3n) is 1.75. The first kappa shape index (κ1) is 14.3. The van der Waals surface area contributed by atoms with Crippen LogP contribution < -0.4 is 10.7 Å². The summed E-state index contributed by atoms with van der Waals surface area (Å²) in [5, 5.41) is 24.2. The average molecular weight is 270 g/mol. The van der Waals surface area contributed by atoms with Gasteiger partial charge in [-0.2, -0.15) is 5.10 Å². The molecule has 0 aliphatic carbocycles. The van der Waals surface area contributed by atoms with Gasteiger partial charge in [0.25, 0.3) is 0 Å². The van der Waals surface area contributed by atoms with Crippen LogP contribution in [0.3, 0.4) is 0 Å². The lowest BCUT2D eigenvalue weighted by Crippen LogP contribution is -2.39. The zero-order chi connectivity index (χ0) is 14.3. The Kier molecular flexibility index (Phi) is 5.17. The Labute approximate surface area is 106 Å². The first-order chi connectivity index (χ1) is 9.04. The van der Waals surface area contributed by atoms with Crippen LogP contribution in [0.15, 0.2) is 21.7 Å². The predicted octanol–water partition coefficient (Wildman–Crippen LogP) is -1.25. The molecule has 0 spiro atoms. The van der Waals surface area contributed by atoms with E-state index in [0.29, 0.717) is 0 Å². The van der Waals surface area contributed by atoms with Crippen molar-refractivity contribution >= 4 is 23.9 Å². The van der Waals surface area contributed by atoms with Crippen LogP contribution in [0.1, 0.15) is 5.76 Å². The van der Waals surface area contributed by atoms with Crippen LogP contribution in [0.4, 0.5) is 5.88 Å². The fraction of sp³-hybridized carbons (Fsp3) is 0.222. The Morgan fingerprint density at radius 2 is 2.21 bits per heavy atom. The normalized spacial score (nSPS) is 10.4. The molecule has 0 bridgehead atoms. The SMILES string of the molecule is O=C(NCCO)C(=O)N/N=C\c1ccc([N+](=O)[O-])o1. The zero-order valence-electron chi connectivity index (χ0n) is 9.53. The molecule has 0 unspecified atom stereocenters. The maximum Gasteiger partial charge on any atom is 0.433 e. The average Bonchev–Trinajstić information content (AvgIpc) is 2.84. The van der Waals surface area contributed by atoms with Crippen molar-refractivity contribution in [2.24, 2.45) is 5.10 Å². The molecule has 10 heteroatoms. The number of rotatable bonds is 5. The number of hydrogen-bond acceptors (Lipinski definition) is 7. The van der Waals surface area contributed by atoms with Crippen molar-refractivity contribution in [3.63, 3.8) is 0 Å². The number of aliphatic hydroxyl groups is 1. The largest absolute Gasteiger partial charge is 0.433 e. The van der Waals surface area contributed by atoms with Crippen LogP contribution in [-0.2, 0) is 9.59 Å². The molecule has 2 amide bonds. The standard InChI is InChI=1S/C9H10N4O6/c14-4-3-10-8(15)9(16)12-11-5-6-1-2-7(19-6)13(17)18/h1-2,5,14H,3-4H2,(H,10,15)(H,12,16)/b11-5-. The Morgan fingerprint density at radius 3 is 2.79 bits per heavy atom. The number of nitrogens with one attached hydrogen (secondary N) is 2. The van der Waals surface area contributed by atoms with E-state index in [4.69, 9.17) is 9.52 Å². The second-order valence-corrected chi connectivity index (χ2v) is 3.11. The Morgan fingerprint density at radius 1 is 1.47 bits per heavy atom. The minimum Gasteiger partial charge on any atom is -0.400 e. The van der Waals surface area contributed by atoms with Gasteiger partial charge in [0.2, 0.25) is 0 Å². The minimum atomic E-state index is -1.04. The number of nitrogens with zero attached hydrogens (tertiary/aromatic N) is 2. The van der Waals surface area contributed by atoms with Gasteiger partial charge in [0.05, 0.1) is 18.9 Å². The van der Waals surface area contributed by atoms with E-state index >= 15 is 0 Å². The maximum absolute atomic E-state index is 11.1. The molecule has 1 aromatic rings. The molecule has 10 nitrogen and oxygen atoms in total. The summed E-state index contributed by atoms with van der Waals surface area (Å²) in [7, 11) is 0. The molecule has 0 radical (unpaired) electrons. The summed E-state index contributed by atoms with van der Waals surface area (Å²) in [6, 6.07) is 2.40. The summed E-state index contributed by atoms with van der Waals surface area (Å²) in [6.07, 6.45) is 1.00. The van der Waals surface area contributed by atoms with E-state index in [1.54, 1.807) is 0 Å². The van der Waals surface area contributed by atoms with E-state index in [9.17, 15) is 19.7 Å². The van der Waals surface area contributed by atoms with Gasteiger partial charge in [-0.1, -0.05) is 0 Å². The lowest BCUT2D eigenvalue weighted by atomic mass is 10.5. The van der Waals surface area contributed by atoms with Crippen molar-refractivity contribution < 1.29 is 24.0 Å². The van der Waals surface area contributed by atoms with E-state index in [-0.39, 0.29) is 18.9 Å². The minimum absolute atomic E-state index is 0.0442. The van der Waals surface area contributed by atoms with Crippen molar-refractivity contribution in [1.82, 2.24) is 10.7 Å². The number of carbonyl (C=O) groups is 2. The molecule has 0 aliphatic rings. The van der Waals surface area contributed by atoms with Gasteiger partial charge in [0.15, 0.2) is 5.76 Å². The number of nitro groups is 1. The quantitative estimate of drug-likeness (QED) is 0.263. The molecule has 0 aromatic carbocycles. The number of furan rings is 1. The van der Waals surface area contributed by atoms with Gasteiger partial charge < -0.3 is 14.8 Å². The van der Waals surface area contributed by atoms with Crippen LogP contribution in [-0.4, -0.2) is 41.2 Å². The summed E-state index contributed by atoms with van der Waals surface area (Å²) in [4.78, 5) is 31.7. The third-order valence-corrected chi connectivity index (χ3v) is 1.75. The molecule has 0 aliphatic heterocycles. The van der Waals surface area contributed by atoms with Gasteiger partial charge in [-0.05, 0) is 6.07 Å². The van der Waals surface area contributed by atoms with Crippen LogP contribution in [0.5, 0.6) is 0 Å². The lowest BCUT2D eigenvalue weighted by Gasteiger charge is -2.00. The van der Waals surface area contributed by atoms with E-state index in [0.717, 1.165) is 12.3 Å². The molecule has 102 valence electrons. The second-order valence-electron chi connectivity index (χ2n) is 3.11. The van der Waals surface area contributed by atoms with E-state index in [1.165, 1.54) is 6.07 Å². The fourth-order valence-corrected chi connectivity index (χ4v) is 0.965. The van der Waals surface area contributed by atoms with Crippen LogP contribution in [0, 0.1) is 10.1 Å². The van der Waals surface area contributed by atoms with Crippen molar-refractivity contribution in [1.29, 1.82) is 0 Å². The van der Waals surface area contributed by atoms with Gasteiger partial charge in [-0.3, -0.25) is 19.7 Å². The molecular weight excluding hydrogens is 260 g/mol. The Bertz CT molecular complexity index is 509. The Balaban J connectivity index is 2.46. The van der Waals surface area contributed by atoms with Crippen molar-refractivity contribution in [2.45, 2.75) is 0 Å². The maximum atomic E-state index is 11.1. The monoisotopic (exact) mass is 270 g/mol. The molecular formula is C9H10N4O6. The number of hydrazone groups is 1. The molecule has 3 N–H and O–H groups in total. The molecule has 0 saturated heterocycles. The van der Waals surface area contributed by atoms with Crippen molar-refractivity contribution in [3.05, 3.63) is 28.0 Å². The zero-order valence-corrected chi connectivity index (χ0v) is 9.53. The molecule has 0 fully saturated rings. The van der Waals surface area contributed by atoms with E-state index in [2.05, 4.69) is 10.4 Å². The molecule has 0 atom stereocenters. The highest BCUT2D eigenvalue weighted by molar-refractivity contribution is 6.35. The van der Waals surface area contributed by atoms with Crippen LogP contribution in [0.2, 0.25) is 0 Å². The molecule has 1 rings (SSSR count). The van der Waals surface area contributed by atoms with Gasteiger partial charge in [0, 0.05) is 6.54 Å². The van der Waals surface area contributed by atoms with Crippen molar-refractivity contribution in [2.75, 3.05) is 13.2 Å². The second kappa shape index (κ2) is 6.86. The Hall–Kier alpha value is -2.75.